The number of nitrogens with one attached hydrogen (secondary N) is 2. The number of carbonyl (C=O) groups excluding carboxylic acids is 2. The number of fused-ring (bicyclic) bond motifs is 3. The van der Waals surface area contributed by atoms with Crippen molar-refractivity contribution in [3.8, 4) is 11.1 Å². The molecule has 8 heteroatoms. The summed E-state index contributed by atoms with van der Waals surface area (Å²) in [6.07, 6.45) is 0.233. The zero-order valence-corrected chi connectivity index (χ0v) is 19.2. The molecule has 1 atom stereocenters. The van der Waals surface area contributed by atoms with Gasteiger partial charge in [-0.2, -0.15) is 0 Å². The summed E-state index contributed by atoms with van der Waals surface area (Å²) in [4.78, 5) is 36.8. The molecule has 2 aromatic rings. The second-order valence-corrected chi connectivity index (χ2v) is 8.95. The number of benzene rings is 2. The molecule has 0 bridgehead atoms. The summed E-state index contributed by atoms with van der Waals surface area (Å²) in [5.41, 5.74) is 3.35. The second-order valence-electron chi connectivity index (χ2n) is 8.95. The third kappa shape index (κ3) is 5.07. The normalized spacial score (nSPS) is 17.2. The van der Waals surface area contributed by atoms with Crippen LogP contribution in [-0.4, -0.2) is 54.5 Å². The van der Waals surface area contributed by atoms with Crippen molar-refractivity contribution in [2.75, 3.05) is 19.8 Å². The standard InChI is InChI=1S/C26H30N2O6/c1-17(10-11-23(29)30)27-24(31)26(12-14-33-15-13-26)28-25(32)34-16-22-20-8-4-2-6-18(20)19-7-3-5-9-21(19)22/h2-9,17,22H,10-16H2,1H3,(H,27,31)(H,28,32)(H,29,30). The summed E-state index contributed by atoms with van der Waals surface area (Å²) >= 11 is 0. The molecule has 0 aromatic heterocycles. The van der Waals surface area contributed by atoms with Crippen molar-refractivity contribution in [3.05, 3.63) is 59.7 Å². The average Bonchev–Trinajstić information content (AvgIpc) is 3.16. The van der Waals surface area contributed by atoms with Crippen molar-refractivity contribution in [2.45, 2.75) is 50.1 Å². The summed E-state index contributed by atoms with van der Waals surface area (Å²) < 4.78 is 11.1. The van der Waals surface area contributed by atoms with Crippen molar-refractivity contribution in [1.29, 1.82) is 0 Å². The van der Waals surface area contributed by atoms with Crippen LogP contribution in [0.4, 0.5) is 4.79 Å². The summed E-state index contributed by atoms with van der Waals surface area (Å²) in [5.74, 6) is -1.34. The van der Waals surface area contributed by atoms with E-state index in [2.05, 4.69) is 22.8 Å². The van der Waals surface area contributed by atoms with Gasteiger partial charge in [-0.3, -0.25) is 9.59 Å². The van der Waals surface area contributed by atoms with E-state index in [-0.39, 0.29) is 30.9 Å². The van der Waals surface area contributed by atoms with Crippen LogP contribution < -0.4 is 10.6 Å². The minimum atomic E-state index is -1.15. The lowest BCUT2D eigenvalue weighted by atomic mass is 9.88. The van der Waals surface area contributed by atoms with Gasteiger partial charge in [0.1, 0.15) is 12.1 Å². The Bertz CT molecular complexity index is 1020. The number of amides is 2. The van der Waals surface area contributed by atoms with Crippen LogP contribution in [0.15, 0.2) is 48.5 Å². The second kappa shape index (κ2) is 10.3. The van der Waals surface area contributed by atoms with Gasteiger partial charge in [-0.25, -0.2) is 4.79 Å². The number of hydrogen-bond donors (Lipinski definition) is 3. The van der Waals surface area contributed by atoms with Crippen molar-refractivity contribution >= 4 is 18.0 Å². The summed E-state index contributed by atoms with van der Waals surface area (Å²) in [7, 11) is 0. The quantitative estimate of drug-likeness (QED) is 0.549. The number of ether oxygens (including phenoxy) is 2. The number of carboxylic acids is 1. The van der Waals surface area contributed by atoms with Crippen molar-refractivity contribution in [1.82, 2.24) is 10.6 Å². The van der Waals surface area contributed by atoms with Gasteiger partial charge in [0.05, 0.1) is 0 Å². The SMILES string of the molecule is CC(CCC(=O)O)NC(=O)C1(NC(=O)OCC2c3ccccc3-c3ccccc32)CCOCC1. The molecule has 3 N–H and O–H groups in total. The molecule has 0 spiro atoms. The fourth-order valence-electron chi connectivity index (χ4n) is 4.73. The number of carbonyl (C=O) groups is 3. The van der Waals surface area contributed by atoms with Crippen LogP contribution in [0.2, 0.25) is 0 Å². The minimum Gasteiger partial charge on any atom is -0.481 e. The first-order valence-corrected chi connectivity index (χ1v) is 11.6. The Hall–Kier alpha value is -3.39. The Morgan fingerprint density at radius 2 is 1.65 bits per heavy atom. The highest BCUT2D eigenvalue weighted by Gasteiger charge is 2.42. The maximum Gasteiger partial charge on any atom is 0.408 e. The maximum atomic E-state index is 13.1. The van der Waals surface area contributed by atoms with Crippen molar-refractivity contribution in [2.24, 2.45) is 0 Å². The van der Waals surface area contributed by atoms with Crippen LogP contribution in [0.1, 0.15) is 49.7 Å². The Labute approximate surface area is 198 Å². The van der Waals surface area contributed by atoms with Crippen LogP contribution in [0.3, 0.4) is 0 Å². The Morgan fingerprint density at radius 3 is 2.24 bits per heavy atom. The fourth-order valence-corrected chi connectivity index (χ4v) is 4.73. The smallest absolute Gasteiger partial charge is 0.408 e. The van der Waals surface area contributed by atoms with Crippen molar-refractivity contribution < 1.29 is 29.0 Å². The Kier molecular flexibility index (Phi) is 7.17. The van der Waals surface area contributed by atoms with Gasteiger partial charge >= 0.3 is 12.1 Å². The lowest BCUT2D eigenvalue weighted by Crippen LogP contribution is -2.62. The van der Waals surface area contributed by atoms with Gasteiger partial charge in [0.25, 0.3) is 0 Å². The van der Waals surface area contributed by atoms with E-state index in [4.69, 9.17) is 14.6 Å². The first-order valence-electron chi connectivity index (χ1n) is 11.6. The highest BCUT2D eigenvalue weighted by Crippen LogP contribution is 2.44. The van der Waals surface area contributed by atoms with Gasteiger partial charge in [-0.05, 0) is 35.6 Å². The highest BCUT2D eigenvalue weighted by molar-refractivity contribution is 5.90. The molecule has 1 saturated heterocycles. The Balaban J connectivity index is 1.42. The highest BCUT2D eigenvalue weighted by atomic mass is 16.5. The Morgan fingerprint density at radius 1 is 1.06 bits per heavy atom. The summed E-state index contributed by atoms with van der Waals surface area (Å²) in [6.45, 7) is 2.57. The van der Waals surface area contributed by atoms with Gasteiger partial charge in [-0.1, -0.05) is 48.5 Å². The lowest BCUT2D eigenvalue weighted by Gasteiger charge is -2.37. The first-order chi connectivity index (χ1) is 16.4. The molecule has 0 radical (unpaired) electrons. The molecule has 1 fully saturated rings. The molecular weight excluding hydrogens is 436 g/mol. The molecule has 180 valence electrons. The average molecular weight is 467 g/mol. The third-order valence-electron chi connectivity index (χ3n) is 6.63. The van der Waals surface area contributed by atoms with Crippen LogP contribution in [-0.2, 0) is 19.1 Å². The molecule has 1 unspecified atom stereocenters. The number of alkyl carbamates (subject to hydrolysis) is 1. The predicted octanol–water partition coefficient (Wildman–Crippen LogP) is 3.44. The molecule has 34 heavy (non-hydrogen) atoms. The van der Waals surface area contributed by atoms with Crippen molar-refractivity contribution in [3.63, 3.8) is 0 Å². The van der Waals surface area contributed by atoms with Crippen LogP contribution in [0, 0.1) is 0 Å². The predicted molar refractivity (Wildman–Crippen MR) is 125 cm³/mol. The lowest BCUT2D eigenvalue weighted by molar-refractivity contribution is -0.138. The van der Waals surface area contributed by atoms with E-state index in [0.29, 0.717) is 32.5 Å². The van der Waals surface area contributed by atoms with Gasteiger partial charge in [-0.15, -0.1) is 0 Å². The molecule has 1 aliphatic heterocycles. The molecular formula is C26H30N2O6. The van der Waals surface area contributed by atoms with E-state index in [1.54, 1.807) is 6.92 Å². The van der Waals surface area contributed by atoms with Gasteiger partial charge in [0.2, 0.25) is 5.91 Å². The van der Waals surface area contributed by atoms with Crippen LogP contribution in [0.25, 0.3) is 11.1 Å². The first kappa shape index (κ1) is 23.8. The largest absolute Gasteiger partial charge is 0.481 e. The van der Waals surface area contributed by atoms with E-state index in [1.807, 2.05) is 36.4 Å². The monoisotopic (exact) mass is 466 g/mol. The van der Waals surface area contributed by atoms with E-state index < -0.39 is 17.6 Å². The van der Waals surface area contributed by atoms with E-state index in [9.17, 15) is 14.4 Å². The third-order valence-corrected chi connectivity index (χ3v) is 6.63. The van der Waals surface area contributed by atoms with E-state index in [1.165, 1.54) is 0 Å². The molecule has 0 saturated carbocycles. The maximum absolute atomic E-state index is 13.1. The van der Waals surface area contributed by atoms with Gasteiger partial charge in [0.15, 0.2) is 0 Å². The molecule has 1 heterocycles. The van der Waals surface area contributed by atoms with Crippen LogP contribution in [0.5, 0.6) is 0 Å². The molecule has 2 aliphatic rings. The van der Waals surface area contributed by atoms with Crippen LogP contribution >= 0.6 is 0 Å². The van der Waals surface area contributed by atoms with Gasteiger partial charge in [0, 0.05) is 44.4 Å². The van der Waals surface area contributed by atoms with E-state index in [0.717, 1.165) is 22.3 Å². The van der Waals surface area contributed by atoms with E-state index >= 15 is 0 Å². The molecule has 2 amide bonds. The number of rotatable bonds is 8. The fraction of sp³-hybridized carbons (Fsp3) is 0.423. The number of aliphatic carboxylic acids is 1. The molecule has 8 nitrogen and oxygen atoms in total. The summed E-state index contributed by atoms with van der Waals surface area (Å²) in [6, 6.07) is 15.8. The molecule has 2 aromatic carbocycles. The minimum absolute atomic E-state index is 0.0443. The zero-order chi connectivity index (χ0) is 24.1. The topological polar surface area (TPSA) is 114 Å². The number of hydrogen-bond acceptors (Lipinski definition) is 5. The number of carboxylic acid groups (broad SMARTS) is 1. The van der Waals surface area contributed by atoms with Gasteiger partial charge < -0.3 is 25.2 Å². The zero-order valence-electron chi connectivity index (χ0n) is 19.2. The molecule has 4 rings (SSSR count). The molecule has 1 aliphatic carbocycles. The summed E-state index contributed by atoms with van der Waals surface area (Å²) in [5, 5.41) is 14.5.